The Labute approximate surface area is 99.0 Å². The Morgan fingerprint density at radius 1 is 1.18 bits per heavy atom. The molecule has 1 nitrogen and oxygen atoms in total. The van der Waals surface area contributed by atoms with E-state index in [9.17, 15) is 13.2 Å². The smallest absolute Gasteiger partial charge is 0.316 e. The molecule has 0 heterocycles. The second-order valence-electron chi connectivity index (χ2n) is 4.52. The number of rotatable bonds is 2. The third-order valence-corrected chi connectivity index (χ3v) is 3.55. The van der Waals surface area contributed by atoms with Gasteiger partial charge < -0.3 is 5.32 Å². The van der Waals surface area contributed by atoms with Crippen molar-refractivity contribution in [1.29, 1.82) is 0 Å². The fourth-order valence-electron chi connectivity index (χ4n) is 2.76. The molecule has 0 spiro atoms. The number of alkyl halides is 3. The van der Waals surface area contributed by atoms with E-state index in [0.717, 1.165) is 19.3 Å². The second kappa shape index (κ2) is 4.69. The zero-order valence-corrected chi connectivity index (χ0v) is 9.72. The minimum Gasteiger partial charge on any atom is -0.316 e. The van der Waals surface area contributed by atoms with E-state index in [2.05, 4.69) is 5.32 Å². The van der Waals surface area contributed by atoms with Crippen molar-refractivity contribution in [2.24, 2.45) is 0 Å². The Balaban J connectivity index is 2.38. The van der Waals surface area contributed by atoms with Crippen LogP contribution in [0.1, 0.15) is 36.3 Å². The molecule has 94 valence electrons. The molecule has 0 aromatic heterocycles. The minimum absolute atomic E-state index is 0.0159. The van der Waals surface area contributed by atoms with Crippen LogP contribution in [0.3, 0.4) is 0 Å². The Kier molecular flexibility index (Phi) is 3.43. The third kappa shape index (κ3) is 2.46. The highest BCUT2D eigenvalue weighted by molar-refractivity contribution is 5.34. The highest BCUT2D eigenvalue weighted by atomic mass is 19.4. The van der Waals surface area contributed by atoms with Crippen LogP contribution in [0.25, 0.3) is 0 Å². The fraction of sp³-hybridized carbons (Fsp3) is 0.538. The first-order chi connectivity index (χ1) is 8.04. The van der Waals surface area contributed by atoms with Crippen LogP contribution in [0, 0.1) is 0 Å². The van der Waals surface area contributed by atoms with Gasteiger partial charge in [-0.25, -0.2) is 0 Å². The molecule has 1 aromatic carbocycles. The molecule has 1 aromatic rings. The maximum atomic E-state index is 12.9. The lowest BCUT2D eigenvalue weighted by molar-refractivity contribution is -0.138. The lowest BCUT2D eigenvalue weighted by Gasteiger charge is -2.23. The monoisotopic (exact) mass is 243 g/mol. The summed E-state index contributed by atoms with van der Waals surface area (Å²) < 4.78 is 38.7. The second-order valence-corrected chi connectivity index (χ2v) is 4.52. The van der Waals surface area contributed by atoms with Gasteiger partial charge in [0.2, 0.25) is 0 Å². The summed E-state index contributed by atoms with van der Waals surface area (Å²) in [6.07, 6.45) is -1.48. The zero-order chi connectivity index (χ0) is 12.5. The van der Waals surface area contributed by atoms with E-state index >= 15 is 0 Å². The van der Waals surface area contributed by atoms with Gasteiger partial charge in [-0.2, -0.15) is 13.2 Å². The van der Waals surface area contributed by atoms with Crippen LogP contribution in [0.5, 0.6) is 0 Å². The quantitative estimate of drug-likeness (QED) is 0.837. The highest BCUT2D eigenvalue weighted by Crippen LogP contribution is 2.41. The number of benzene rings is 1. The molecule has 4 heteroatoms. The summed E-state index contributed by atoms with van der Waals surface area (Å²) >= 11 is 0. The predicted octanol–water partition coefficient (Wildman–Crippen LogP) is 3.56. The van der Waals surface area contributed by atoms with Crippen LogP contribution in [0.2, 0.25) is 0 Å². The van der Waals surface area contributed by atoms with Gasteiger partial charge in [0.25, 0.3) is 0 Å². The number of hydrogen-bond donors (Lipinski definition) is 1. The van der Waals surface area contributed by atoms with Crippen molar-refractivity contribution in [1.82, 2.24) is 5.32 Å². The summed E-state index contributed by atoms with van der Waals surface area (Å²) in [7, 11) is 1.82. The Bertz CT molecular complexity index is 386. The van der Waals surface area contributed by atoms with Crippen LogP contribution < -0.4 is 5.32 Å². The normalized spacial score (nSPS) is 25.2. The Morgan fingerprint density at radius 2 is 1.88 bits per heavy atom. The van der Waals surface area contributed by atoms with E-state index in [-0.39, 0.29) is 12.0 Å². The molecule has 1 aliphatic carbocycles. The summed E-state index contributed by atoms with van der Waals surface area (Å²) in [6.45, 7) is 0. The van der Waals surface area contributed by atoms with Crippen molar-refractivity contribution in [3.05, 3.63) is 35.4 Å². The minimum atomic E-state index is -4.25. The Morgan fingerprint density at radius 3 is 2.53 bits per heavy atom. The Hall–Kier alpha value is -1.03. The van der Waals surface area contributed by atoms with Crippen LogP contribution in [-0.2, 0) is 6.18 Å². The molecular formula is C13H16F3N. The van der Waals surface area contributed by atoms with Crippen molar-refractivity contribution >= 4 is 0 Å². The average Bonchev–Trinajstić information content (AvgIpc) is 2.75. The first-order valence-electron chi connectivity index (χ1n) is 5.87. The zero-order valence-electron chi connectivity index (χ0n) is 9.72. The molecule has 1 aliphatic rings. The number of nitrogens with one attached hydrogen (secondary N) is 1. The van der Waals surface area contributed by atoms with E-state index in [1.807, 2.05) is 7.05 Å². The molecular weight excluding hydrogens is 227 g/mol. The van der Waals surface area contributed by atoms with Gasteiger partial charge in [0.15, 0.2) is 0 Å². The van der Waals surface area contributed by atoms with Gasteiger partial charge in [0.1, 0.15) is 0 Å². The first-order valence-corrected chi connectivity index (χ1v) is 5.87. The van der Waals surface area contributed by atoms with Gasteiger partial charge in [-0.15, -0.1) is 0 Å². The van der Waals surface area contributed by atoms with Crippen molar-refractivity contribution in [3.63, 3.8) is 0 Å². The fourth-order valence-corrected chi connectivity index (χ4v) is 2.76. The molecule has 1 fully saturated rings. The van der Waals surface area contributed by atoms with E-state index < -0.39 is 11.7 Å². The summed E-state index contributed by atoms with van der Waals surface area (Å²) in [5, 5.41) is 3.12. The largest absolute Gasteiger partial charge is 0.416 e. The average molecular weight is 243 g/mol. The maximum absolute atomic E-state index is 12.9. The molecule has 0 aliphatic heterocycles. The lowest BCUT2D eigenvalue weighted by Crippen LogP contribution is -2.28. The summed E-state index contributed by atoms with van der Waals surface area (Å²) in [6, 6.07) is 6.10. The highest BCUT2D eigenvalue weighted by Gasteiger charge is 2.37. The van der Waals surface area contributed by atoms with Crippen LogP contribution in [0.4, 0.5) is 13.2 Å². The molecule has 0 amide bonds. The molecule has 1 saturated carbocycles. The van der Waals surface area contributed by atoms with Gasteiger partial charge in [-0.05, 0) is 37.4 Å². The predicted molar refractivity (Wildman–Crippen MR) is 60.9 cm³/mol. The number of likely N-dealkylation sites (N-methyl/N-ethyl adjacent to an activating group) is 1. The number of hydrogen-bond acceptors (Lipinski definition) is 1. The first kappa shape index (κ1) is 12.4. The van der Waals surface area contributed by atoms with Gasteiger partial charge in [0.05, 0.1) is 5.56 Å². The van der Waals surface area contributed by atoms with E-state index in [1.165, 1.54) is 12.1 Å². The molecule has 2 rings (SSSR count). The topological polar surface area (TPSA) is 12.0 Å². The third-order valence-electron chi connectivity index (χ3n) is 3.55. The van der Waals surface area contributed by atoms with Crippen LogP contribution in [0.15, 0.2) is 24.3 Å². The summed E-state index contributed by atoms with van der Waals surface area (Å²) in [4.78, 5) is 0. The van der Waals surface area contributed by atoms with Crippen molar-refractivity contribution < 1.29 is 13.2 Å². The van der Waals surface area contributed by atoms with Crippen molar-refractivity contribution in [2.75, 3.05) is 7.05 Å². The van der Waals surface area contributed by atoms with Gasteiger partial charge in [0, 0.05) is 6.04 Å². The van der Waals surface area contributed by atoms with Crippen molar-refractivity contribution in [2.45, 2.75) is 37.4 Å². The number of halogens is 3. The molecule has 0 saturated heterocycles. The lowest BCUT2D eigenvalue weighted by atomic mass is 9.90. The molecule has 17 heavy (non-hydrogen) atoms. The molecule has 0 radical (unpaired) electrons. The van der Waals surface area contributed by atoms with Crippen molar-refractivity contribution in [3.8, 4) is 0 Å². The van der Waals surface area contributed by atoms with E-state index in [4.69, 9.17) is 0 Å². The maximum Gasteiger partial charge on any atom is 0.416 e. The molecule has 0 bridgehead atoms. The summed E-state index contributed by atoms with van der Waals surface area (Å²) in [5.41, 5.74) is -0.0380. The standard InChI is InChI=1S/C13H16F3N/c1-17-12-8-4-6-10(12)9-5-2-3-7-11(9)13(14,15)16/h2-3,5,7,10,12,17H,4,6,8H2,1H3. The van der Waals surface area contributed by atoms with E-state index in [0.29, 0.717) is 5.56 Å². The van der Waals surface area contributed by atoms with Crippen LogP contribution >= 0.6 is 0 Å². The molecule has 2 atom stereocenters. The molecule has 1 N–H and O–H groups in total. The SMILES string of the molecule is CNC1CCCC1c1ccccc1C(F)(F)F. The van der Waals surface area contributed by atoms with Gasteiger partial charge >= 0.3 is 6.18 Å². The van der Waals surface area contributed by atoms with Crippen LogP contribution in [-0.4, -0.2) is 13.1 Å². The van der Waals surface area contributed by atoms with E-state index in [1.54, 1.807) is 12.1 Å². The summed E-state index contributed by atoms with van der Waals surface area (Å²) in [5.74, 6) is -0.0159. The van der Waals surface area contributed by atoms with Gasteiger partial charge in [-0.1, -0.05) is 24.6 Å². The van der Waals surface area contributed by atoms with Gasteiger partial charge in [-0.3, -0.25) is 0 Å². The molecule has 2 unspecified atom stereocenters.